The van der Waals surface area contributed by atoms with E-state index in [1.54, 1.807) is 12.1 Å². The Hall–Kier alpha value is -2.37. The highest BCUT2D eigenvalue weighted by molar-refractivity contribution is 6.02. The van der Waals surface area contributed by atoms with Gasteiger partial charge in [0.1, 0.15) is 6.04 Å². The van der Waals surface area contributed by atoms with Gasteiger partial charge in [0.15, 0.2) is 0 Å². The van der Waals surface area contributed by atoms with E-state index in [1.807, 2.05) is 19.1 Å². The van der Waals surface area contributed by atoms with Crippen LogP contribution < -0.4 is 5.73 Å². The molecule has 0 saturated heterocycles. The first-order valence-corrected chi connectivity index (χ1v) is 6.90. The molecule has 1 aromatic rings. The monoisotopic (exact) mass is 290 g/mol. The summed E-state index contributed by atoms with van der Waals surface area (Å²) in [5.41, 5.74) is 6.68. The van der Waals surface area contributed by atoms with Gasteiger partial charge in [-0.1, -0.05) is 31.5 Å². The molecule has 1 aromatic carbocycles. The molecule has 1 aliphatic rings. The first-order chi connectivity index (χ1) is 9.97. The average molecular weight is 290 g/mol. The summed E-state index contributed by atoms with van der Waals surface area (Å²) in [5.74, 6) is -2.27. The van der Waals surface area contributed by atoms with Crippen LogP contribution in [0, 0.1) is 0 Å². The number of amides is 2. The molecule has 6 nitrogen and oxygen atoms in total. The molecule has 0 fully saturated rings. The second kappa shape index (κ2) is 5.95. The predicted molar refractivity (Wildman–Crippen MR) is 75.5 cm³/mol. The lowest BCUT2D eigenvalue weighted by Gasteiger charge is -2.30. The Labute approximate surface area is 122 Å². The second-order valence-electron chi connectivity index (χ2n) is 5.12. The zero-order chi connectivity index (χ0) is 15.6. The zero-order valence-electron chi connectivity index (χ0n) is 11.8. The van der Waals surface area contributed by atoms with E-state index in [2.05, 4.69) is 0 Å². The fourth-order valence-electron chi connectivity index (χ4n) is 2.84. The van der Waals surface area contributed by atoms with Crippen molar-refractivity contribution in [1.29, 1.82) is 0 Å². The van der Waals surface area contributed by atoms with Crippen LogP contribution in [-0.4, -0.2) is 33.8 Å². The van der Waals surface area contributed by atoms with Crippen LogP contribution in [0.15, 0.2) is 24.3 Å². The molecule has 3 N–H and O–H groups in total. The lowest BCUT2D eigenvalue weighted by molar-refractivity contribution is -0.141. The first-order valence-electron chi connectivity index (χ1n) is 6.90. The molecule has 21 heavy (non-hydrogen) atoms. The Morgan fingerprint density at radius 1 is 1.38 bits per heavy atom. The molecule has 2 atom stereocenters. The van der Waals surface area contributed by atoms with Crippen LogP contribution in [0.1, 0.15) is 48.1 Å². The lowest BCUT2D eigenvalue weighted by Crippen LogP contribution is -2.47. The maximum atomic E-state index is 12.5. The number of nitrogens with two attached hydrogens (primary N) is 1. The molecule has 0 saturated carbocycles. The van der Waals surface area contributed by atoms with Gasteiger partial charge in [0.25, 0.3) is 5.91 Å². The Balaban J connectivity index is 2.44. The molecule has 2 rings (SSSR count). The van der Waals surface area contributed by atoms with Gasteiger partial charge in [-0.25, -0.2) is 0 Å². The van der Waals surface area contributed by atoms with Crippen LogP contribution >= 0.6 is 0 Å². The van der Waals surface area contributed by atoms with E-state index in [9.17, 15) is 14.4 Å². The topological polar surface area (TPSA) is 101 Å². The molecule has 6 heteroatoms. The Kier molecular flexibility index (Phi) is 4.26. The lowest BCUT2D eigenvalue weighted by atomic mass is 10.00. The zero-order valence-corrected chi connectivity index (χ0v) is 11.8. The average Bonchev–Trinajstić information content (AvgIpc) is 2.70. The third-order valence-corrected chi connectivity index (χ3v) is 3.71. The number of fused-ring (bicyclic) bond motifs is 1. The number of carbonyl (C=O) groups is 3. The van der Waals surface area contributed by atoms with Crippen molar-refractivity contribution in [2.75, 3.05) is 0 Å². The number of carbonyl (C=O) groups excluding carboxylic acids is 2. The summed E-state index contributed by atoms with van der Waals surface area (Å²) >= 11 is 0. The predicted octanol–water partition coefficient (Wildman–Crippen LogP) is 1.31. The quantitative estimate of drug-likeness (QED) is 0.824. The summed E-state index contributed by atoms with van der Waals surface area (Å²) in [6, 6.07) is 5.69. The minimum atomic E-state index is -1.15. The number of carboxylic acid groups (broad SMARTS) is 1. The third-order valence-electron chi connectivity index (χ3n) is 3.71. The van der Waals surface area contributed by atoms with Gasteiger partial charge in [0.2, 0.25) is 5.91 Å². The molecule has 112 valence electrons. The van der Waals surface area contributed by atoms with E-state index >= 15 is 0 Å². The maximum absolute atomic E-state index is 12.5. The van der Waals surface area contributed by atoms with Gasteiger partial charge in [-0.15, -0.1) is 0 Å². The number of benzene rings is 1. The second-order valence-corrected chi connectivity index (χ2v) is 5.12. The molecule has 0 spiro atoms. The van der Waals surface area contributed by atoms with Crippen molar-refractivity contribution in [2.45, 2.75) is 38.3 Å². The fraction of sp³-hybridized carbons (Fsp3) is 0.400. The number of primary amides is 1. The van der Waals surface area contributed by atoms with Gasteiger partial charge in [-0.05, 0) is 18.1 Å². The standard InChI is InChI=1S/C15H18N2O4/c1-2-5-11-9-6-3-4-7-10(9)15(21)17(11)12(14(16)20)8-13(18)19/h3-4,6-7,11-12H,2,5,8H2,1H3,(H2,16,20)(H,18,19). The molecule has 2 amide bonds. The highest BCUT2D eigenvalue weighted by atomic mass is 16.4. The van der Waals surface area contributed by atoms with Gasteiger partial charge >= 0.3 is 5.97 Å². The van der Waals surface area contributed by atoms with Crippen LogP contribution in [-0.2, 0) is 9.59 Å². The van der Waals surface area contributed by atoms with Crippen molar-refractivity contribution < 1.29 is 19.5 Å². The molecule has 0 aliphatic carbocycles. The Bertz CT molecular complexity index is 585. The van der Waals surface area contributed by atoms with E-state index in [4.69, 9.17) is 10.8 Å². The summed E-state index contributed by atoms with van der Waals surface area (Å²) in [6.07, 6.45) is 0.989. The van der Waals surface area contributed by atoms with Crippen molar-refractivity contribution in [3.63, 3.8) is 0 Å². The molecule has 0 aromatic heterocycles. The first kappa shape index (κ1) is 15.0. The van der Waals surface area contributed by atoms with Crippen molar-refractivity contribution in [3.05, 3.63) is 35.4 Å². The number of hydrogen-bond acceptors (Lipinski definition) is 3. The number of aliphatic carboxylic acids is 1. The number of nitrogens with zero attached hydrogens (tertiary/aromatic N) is 1. The molecule has 0 radical (unpaired) electrons. The van der Waals surface area contributed by atoms with Gasteiger partial charge in [0, 0.05) is 5.56 Å². The summed E-state index contributed by atoms with van der Waals surface area (Å²) < 4.78 is 0. The van der Waals surface area contributed by atoms with E-state index in [0.717, 1.165) is 12.0 Å². The van der Waals surface area contributed by atoms with Crippen molar-refractivity contribution in [3.8, 4) is 0 Å². The van der Waals surface area contributed by atoms with Crippen molar-refractivity contribution >= 4 is 17.8 Å². The van der Waals surface area contributed by atoms with E-state index in [1.165, 1.54) is 4.90 Å². The fourth-order valence-corrected chi connectivity index (χ4v) is 2.84. The largest absolute Gasteiger partial charge is 0.481 e. The van der Waals surface area contributed by atoms with Gasteiger partial charge in [-0.2, -0.15) is 0 Å². The molecular formula is C15H18N2O4. The van der Waals surface area contributed by atoms with E-state index in [-0.39, 0.29) is 11.9 Å². The molecule has 2 unspecified atom stereocenters. The summed E-state index contributed by atoms with van der Waals surface area (Å²) in [7, 11) is 0. The van der Waals surface area contributed by atoms with Crippen LogP contribution in [0.5, 0.6) is 0 Å². The van der Waals surface area contributed by atoms with Gasteiger partial charge in [0.05, 0.1) is 12.5 Å². The summed E-state index contributed by atoms with van der Waals surface area (Å²) in [6.45, 7) is 1.97. The number of carboxylic acids is 1. The number of rotatable bonds is 6. The van der Waals surface area contributed by atoms with E-state index < -0.39 is 24.3 Å². The Morgan fingerprint density at radius 2 is 2.05 bits per heavy atom. The van der Waals surface area contributed by atoms with Gasteiger partial charge < -0.3 is 15.7 Å². The van der Waals surface area contributed by atoms with Gasteiger partial charge in [-0.3, -0.25) is 14.4 Å². The minimum Gasteiger partial charge on any atom is -0.481 e. The SMILES string of the molecule is CCCC1c2ccccc2C(=O)N1C(CC(=O)O)C(N)=O. The van der Waals surface area contributed by atoms with E-state index in [0.29, 0.717) is 12.0 Å². The molecule has 1 aliphatic heterocycles. The Morgan fingerprint density at radius 3 is 2.62 bits per heavy atom. The van der Waals surface area contributed by atoms with Crippen LogP contribution in [0.2, 0.25) is 0 Å². The third kappa shape index (κ3) is 2.74. The van der Waals surface area contributed by atoms with Crippen molar-refractivity contribution in [2.24, 2.45) is 5.73 Å². The molecule has 0 bridgehead atoms. The molecule has 1 heterocycles. The minimum absolute atomic E-state index is 0.296. The van der Waals surface area contributed by atoms with Crippen LogP contribution in [0.3, 0.4) is 0 Å². The number of hydrogen-bond donors (Lipinski definition) is 2. The highest BCUT2D eigenvalue weighted by Crippen LogP contribution is 2.38. The maximum Gasteiger partial charge on any atom is 0.305 e. The smallest absolute Gasteiger partial charge is 0.305 e. The van der Waals surface area contributed by atoms with Crippen molar-refractivity contribution in [1.82, 2.24) is 4.90 Å². The van der Waals surface area contributed by atoms with Crippen LogP contribution in [0.25, 0.3) is 0 Å². The normalized spacial score (nSPS) is 18.4. The molecular weight excluding hydrogens is 272 g/mol. The summed E-state index contributed by atoms with van der Waals surface area (Å²) in [4.78, 5) is 36.5. The highest BCUT2D eigenvalue weighted by Gasteiger charge is 2.42. The summed E-state index contributed by atoms with van der Waals surface area (Å²) in [5, 5.41) is 8.97. The van der Waals surface area contributed by atoms with Crippen LogP contribution in [0.4, 0.5) is 0 Å².